The first-order valence-electron chi connectivity index (χ1n) is 9.67. The topological polar surface area (TPSA) is 75.3 Å². The van der Waals surface area contributed by atoms with Gasteiger partial charge in [0, 0.05) is 31.0 Å². The Labute approximate surface area is 158 Å². The number of nitrogens with one attached hydrogen (secondary N) is 1. The zero-order valence-corrected chi connectivity index (χ0v) is 15.6. The number of hydrogen-bond acceptors (Lipinski definition) is 4. The molecule has 0 unspecified atom stereocenters. The highest BCUT2D eigenvalue weighted by atomic mass is 16.5. The number of rotatable bonds is 2. The summed E-state index contributed by atoms with van der Waals surface area (Å²) in [5.41, 5.74) is 1.86. The maximum absolute atomic E-state index is 13.1. The zero-order valence-electron chi connectivity index (χ0n) is 15.6. The molecule has 4 rings (SSSR count). The van der Waals surface area contributed by atoms with Crippen LogP contribution in [0.5, 0.6) is 5.75 Å². The van der Waals surface area contributed by atoms with E-state index in [1.807, 2.05) is 29.2 Å². The van der Waals surface area contributed by atoms with Gasteiger partial charge in [0.25, 0.3) is 5.56 Å². The molecule has 0 saturated carbocycles. The number of aromatic amines is 1. The number of H-pyrrole nitrogens is 1. The Morgan fingerprint density at radius 3 is 2.78 bits per heavy atom. The summed E-state index contributed by atoms with van der Waals surface area (Å²) in [4.78, 5) is 33.9. The molecule has 1 aromatic heterocycles. The van der Waals surface area contributed by atoms with Gasteiger partial charge in [0.1, 0.15) is 11.6 Å². The van der Waals surface area contributed by atoms with Crippen LogP contribution in [0.2, 0.25) is 0 Å². The molecule has 1 N–H and O–H groups in total. The van der Waals surface area contributed by atoms with E-state index in [1.54, 1.807) is 13.0 Å². The van der Waals surface area contributed by atoms with Crippen molar-refractivity contribution in [3.8, 4) is 5.75 Å². The Balaban J connectivity index is 1.40. The van der Waals surface area contributed by atoms with Gasteiger partial charge >= 0.3 is 0 Å². The lowest BCUT2D eigenvalue weighted by molar-refractivity contribution is -0.137. The van der Waals surface area contributed by atoms with Crippen molar-refractivity contribution in [1.82, 2.24) is 14.9 Å². The summed E-state index contributed by atoms with van der Waals surface area (Å²) in [5.74, 6) is 2.00. The molecule has 2 aliphatic rings. The number of nitrogens with zero attached hydrogens (tertiary/aromatic N) is 2. The molecule has 0 spiro atoms. The van der Waals surface area contributed by atoms with Crippen LogP contribution in [0.3, 0.4) is 0 Å². The Morgan fingerprint density at radius 1 is 1.22 bits per heavy atom. The van der Waals surface area contributed by atoms with Crippen LogP contribution in [0.4, 0.5) is 0 Å². The molecule has 3 heterocycles. The number of likely N-dealkylation sites (tertiary alicyclic amines) is 1. The number of ether oxygens (including phenoxy) is 1. The van der Waals surface area contributed by atoms with E-state index in [1.165, 1.54) is 0 Å². The zero-order chi connectivity index (χ0) is 18.8. The lowest BCUT2D eigenvalue weighted by atomic mass is 9.90. The van der Waals surface area contributed by atoms with Crippen molar-refractivity contribution >= 4 is 5.91 Å². The minimum Gasteiger partial charge on any atom is -0.493 e. The van der Waals surface area contributed by atoms with Gasteiger partial charge in [-0.15, -0.1) is 0 Å². The molecule has 0 bridgehead atoms. The first kappa shape index (κ1) is 17.8. The van der Waals surface area contributed by atoms with Gasteiger partial charge < -0.3 is 14.6 Å². The molecule has 2 aromatic rings. The number of aromatic nitrogens is 2. The van der Waals surface area contributed by atoms with Crippen LogP contribution in [0.15, 0.2) is 35.1 Å². The third-order valence-electron chi connectivity index (χ3n) is 5.62. The highest BCUT2D eigenvalue weighted by Crippen LogP contribution is 2.30. The number of carbonyl (C=O) groups is 1. The van der Waals surface area contributed by atoms with E-state index in [-0.39, 0.29) is 23.3 Å². The normalized spacial score (nSPS) is 20.5. The van der Waals surface area contributed by atoms with Crippen LogP contribution < -0.4 is 10.3 Å². The van der Waals surface area contributed by atoms with Crippen molar-refractivity contribution in [2.45, 2.75) is 38.5 Å². The number of amides is 1. The molecule has 6 nitrogen and oxygen atoms in total. The third-order valence-corrected chi connectivity index (χ3v) is 5.62. The van der Waals surface area contributed by atoms with Gasteiger partial charge in [-0.25, -0.2) is 4.98 Å². The fourth-order valence-electron chi connectivity index (χ4n) is 4.17. The van der Waals surface area contributed by atoms with E-state index in [2.05, 4.69) is 9.97 Å². The first-order valence-corrected chi connectivity index (χ1v) is 9.67. The fraction of sp³-hybridized carbons (Fsp3) is 0.476. The molecule has 0 aliphatic carbocycles. The Hall–Kier alpha value is -2.63. The second kappa shape index (κ2) is 7.55. The molecule has 1 amide bonds. The van der Waals surface area contributed by atoms with Gasteiger partial charge in [-0.2, -0.15) is 0 Å². The van der Waals surface area contributed by atoms with Gasteiger partial charge in [0.2, 0.25) is 5.91 Å². The van der Waals surface area contributed by atoms with E-state index in [4.69, 9.17) is 4.74 Å². The largest absolute Gasteiger partial charge is 0.493 e. The highest BCUT2D eigenvalue weighted by molar-refractivity contribution is 5.79. The van der Waals surface area contributed by atoms with Crippen molar-refractivity contribution in [2.24, 2.45) is 5.92 Å². The molecule has 2 aliphatic heterocycles. The quantitative estimate of drug-likeness (QED) is 0.885. The number of fused-ring (bicyclic) bond motifs is 1. The van der Waals surface area contributed by atoms with Crippen molar-refractivity contribution in [1.29, 1.82) is 0 Å². The van der Waals surface area contributed by atoms with Gasteiger partial charge in [-0.1, -0.05) is 18.2 Å². The monoisotopic (exact) mass is 367 g/mol. The highest BCUT2D eigenvalue weighted by Gasteiger charge is 2.31. The fourth-order valence-corrected chi connectivity index (χ4v) is 4.17. The molecular weight excluding hydrogens is 342 g/mol. The maximum atomic E-state index is 13.1. The lowest BCUT2D eigenvalue weighted by Crippen LogP contribution is -2.42. The lowest BCUT2D eigenvalue weighted by Gasteiger charge is -2.34. The Kier molecular flexibility index (Phi) is 4.97. The smallest absolute Gasteiger partial charge is 0.251 e. The average molecular weight is 367 g/mol. The van der Waals surface area contributed by atoms with Crippen molar-refractivity contribution < 1.29 is 9.53 Å². The van der Waals surface area contributed by atoms with E-state index in [0.29, 0.717) is 12.4 Å². The van der Waals surface area contributed by atoms with Crippen LogP contribution in [0.1, 0.15) is 42.3 Å². The van der Waals surface area contributed by atoms with Gasteiger partial charge in [-0.3, -0.25) is 9.59 Å². The van der Waals surface area contributed by atoms with E-state index in [9.17, 15) is 9.59 Å². The summed E-state index contributed by atoms with van der Waals surface area (Å²) >= 11 is 0. The summed E-state index contributed by atoms with van der Waals surface area (Å²) in [6.45, 7) is 3.82. The van der Waals surface area contributed by atoms with Crippen molar-refractivity contribution in [3.63, 3.8) is 0 Å². The van der Waals surface area contributed by atoms with Crippen LogP contribution >= 0.6 is 0 Å². The molecule has 27 heavy (non-hydrogen) atoms. The number of aryl methyl sites for hydroxylation is 1. The van der Waals surface area contributed by atoms with E-state index in [0.717, 1.165) is 55.8 Å². The number of carbonyl (C=O) groups excluding carboxylic acids is 1. The second-order valence-electron chi connectivity index (χ2n) is 7.50. The standard InChI is InChI=1S/C21H25N3O3/c1-14-22-18(13-20(25)23-14)15-6-9-24(10-7-15)21(26)17-8-11-27-19-5-3-2-4-16(19)12-17/h2-5,13,15,17H,6-12H2,1H3,(H,22,23,25)/t17-/m0/s1. The maximum Gasteiger partial charge on any atom is 0.251 e. The summed E-state index contributed by atoms with van der Waals surface area (Å²) in [6, 6.07) is 9.58. The molecule has 142 valence electrons. The second-order valence-corrected chi connectivity index (χ2v) is 7.50. The SMILES string of the molecule is Cc1nc(C2CCN(C(=O)[C@H]3CCOc4ccccc4C3)CC2)cc(=O)[nH]1. The number of benzene rings is 1. The minimum absolute atomic E-state index is 0.0230. The molecule has 1 atom stereocenters. The van der Waals surface area contributed by atoms with Gasteiger partial charge in [0.05, 0.1) is 12.3 Å². The van der Waals surface area contributed by atoms with Gasteiger partial charge in [-0.05, 0) is 44.2 Å². The van der Waals surface area contributed by atoms with Crippen LogP contribution in [-0.2, 0) is 11.2 Å². The molecular formula is C21H25N3O3. The molecule has 1 fully saturated rings. The summed E-state index contributed by atoms with van der Waals surface area (Å²) in [7, 11) is 0. The predicted octanol–water partition coefficient (Wildman–Crippen LogP) is 2.43. The number of hydrogen-bond donors (Lipinski definition) is 1. The summed E-state index contributed by atoms with van der Waals surface area (Å²) in [6.07, 6.45) is 3.19. The van der Waals surface area contributed by atoms with Crippen LogP contribution in [-0.4, -0.2) is 40.5 Å². The average Bonchev–Trinajstić information content (AvgIpc) is 2.89. The van der Waals surface area contributed by atoms with Crippen LogP contribution in [0, 0.1) is 12.8 Å². The Morgan fingerprint density at radius 2 is 2.00 bits per heavy atom. The van der Waals surface area contributed by atoms with E-state index < -0.39 is 0 Å². The number of piperidine rings is 1. The Bertz CT molecular complexity index is 884. The molecule has 6 heteroatoms. The first-order chi connectivity index (χ1) is 13.1. The molecule has 0 radical (unpaired) electrons. The van der Waals surface area contributed by atoms with Crippen LogP contribution in [0.25, 0.3) is 0 Å². The van der Waals surface area contributed by atoms with Crippen molar-refractivity contribution in [2.75, 3.05) is 19.7 Å². The number of para-hydroxylation sites is 1. The van der Waals surface area contributed by atoms with E-state index >= 15 is 0 Å². The summed E-state index contributed by atoms with van der Waals surface area (Å²) < 4.78 is 5.80. The minimum atomic E-state index is -0.104. The third kappa shape index (κ3) is 3.89. The van der Waals surface area contributed by atoms with Crippen molar-refractivity contribution in [3.05, 3.63) is 57.8 Å². The molecule has 1 saturated heterocycles. The van der Waals surface area contributed by atoms with Gasteiger partial charge in [0.15, 0.2) is 0 Å². The summed E-state index contributed by atoms with van der Waals surface area (Å²) in [5, 5.41) is 0. The predicted molar refractivity (Wildman–Crippen MR) is 102 cm³/mol. The molecule has 1 aromatic carbocycles.